The molecule has 3 aliphatic rings. The average Bonchev–Trinajstić information content (AvgIpc) is 2.45. The van der Waals surface area contributed by atoms with Crippen LogP contribution >= 0.6 is 15.9 Å². The van der Waals surface area contributed by atoms with Gasteiger partial charge in [0.05, 0.1) is 12.2 Å². The van der Waals surface area contributed by atoms with Crippen LogP contribution in [-0.4, -0.2) is 17.5 Å². The number of ether oxygens (including phenoxy) is 1. The van der Waals surface area contributed by atoms with E-state index < -0.39 is 0 Å². The minimum Gasteiger partial charge on any atom is -0.375 e. The fraction of sp³-hybridized carbons (Fsp3) is 1.00. The summed E-state index contributed by atoms with van der Waals surface area (Å²) in [5.74, 6) is 1.69. The second-order valence-electron chi connectivity index (χ2n) is 4.23. The van der Waals surface area contributed by atoms with Gasteiger partial charge in [-0.05, 0) is 31.1 Å². The summed E-state index contributed by atoms with van der Waals surface area (Å²) >= 11 is 3.51. The van der Waals surface area contributed by atoms with E-state index in [2.05, 4.69) is 22.9 Å². The van der Waals surface area contributed by atoms with Crippen LogP contribution in [0.2, 0.25) is 0 Å². The summed E-state index contributed by atoms with van der Waals surface area (Å²) in [6.07, 6.45) is 3.93. The first-order valence-corrected chi connectivity index (χ1v) is 5.56. The number of hydrogen-bond donors (Lipinski definition) is 0. The molecule has 2 saturated heterocycles. The van der Waals surface area contributed by atoms with Gasteiger partial charge in [-0.3, -0.25) is 0 Å². The molecule has 64 valence electrons. The van der Waals surface area contributed by atoms with Crippen LogP contribution < -0.4 is 0 Å². The number of rotatable bonds is 3. The molecule has 0 aromatic carbocycles. The van der Waals surface area contributed by atoms with Crippen molar-refractivity contribution in [2.24, 2.45) is 11.8 Å². The highest BCUT2D eigenvalue weighted by molar-refractivity contribution is 9.09. The first-order valence-electron chi connectivity index (χ1n) is 4.44. The molecule has 2 heterocycles. The first-order chi connectivity index (χ1) is 5.24. The van der Waals surface area contributed by atoms with Gasteiger partial charge < -0.3 is 4.74 Å². The highest BCUT2D eigenvalue weighted by atomic mass is 79.9. The summed E-state index contributed by atoms with van der Waals surface area (Å²) in [4.78, 5) is 0. The molecule has 1 nitrogen and oxygen atoms in total. The zero-order chi connectivity index (χ0) is 7.90. The van der Waals surface area contributed by atoms with Crippen molar-refractivity contribution >= 4 is 15.9 Å². The molecule has 0 aromatic heterocycles. The lowest BCUT2D eigenvalue weighted by Crippen LogP contribution is -2.38. The second-order valence-corrected chi connectivity index (χ2v) is 4.88. The van der Waals surface area contributed by atoms with Crippen molar-refractivity contribution in [2.45, 2.75) is 31.8 Å². The molecule has 0 aromatic rings. The van der Waals surface area contributed by atoms with E-state index in [0.29, 0.717) is 5.60 Å². The summed E-state index contributed by atoms with van der Waals surface area (Å²) in [5, 5.41) is 1.11. The molecule has 1 atom stereocenters. The molecule has 1 saturated carbocycles. The van der Waals surface area contributed by atoms with E-state index in [1.165, 1.54) is 19.3 Å². The predicted molar refractivity (Wildman–Crippen MR) is 49.0 cm³/mol. The largest absolute Gasteiger partial charge is 0.375 e. The molecule has 0 amide bonds. The minimum absolute atomic E-state index is 0.331. The molecular weight excluding hydrogens is 204 g/mol. The normalized spacial score (nSPS) is 43.6. The fourth-order valence-electron chi connectivity index (χ4n) is 2.44. The maximum Gasteiger partial charge on any atom is 0.0692 e. The molecule has 1 aliphatic carbocycles. The molecule has 1 unspecified atom stereocenters. The van der Waals surface area contributed by atoms with Crippen molar-refractivity contribution in [3.63, 3.8) is 0 Å². The van der Waals surface area contributed by atoms with Crippen molar-refractivity contribution in [3.05, 3.63) is 0 Å². The molecule has 0 spiro atoms. The standard InChI is InChI=1S/C9H15BrO/c1-7(5-10)2-9-3-8(4-9)6-11-9/h7-8H,2-6H2,1H3. The van der Waals surface area contributed by atoms with E-state index >= 15 is 0 Å². The minimum atomic E-state index is 0.331. The number of alkyl halides is 1. The van der Waals surface area contributed by atoms with Gasteiger partial charge in [-0.15, -0.1) is 0 Å². The van der Waals surface area contributed by atoms with Crippen molar-refractivity contribution in [1.29, 1.82) is 0 Å². The summed E-state index contributed by atoms with van der Waals surface area (Å²) in [6.45, 7) is 3.33. The number of halogens is 1. The second kappa shape index (κ2) is 2.74. The highest BCUT2D eigenvalue weighted by Crippen LogP contribution is 2.51. The molecule has 0 N–H and O–H groups in total. The van der Waals surface area contributed by atoms with E-state index in [1.807, 2.05) is 0 Å². The van der Waals surface area contributed by atoms with Crippen molar-refractivity contribution in [1.82, 2.24) is 0 Å². The molecule has 3 fully saturated rings. The Kier molecular flexibility index (Phi) is 2.00. The molecular formula is C9H15BrO. The Bertz CT molecular complexity index is 146. The van der Waals surface area contributed by atoms with Crippen LogP contribution in [0.4, 0.5) is 0 Å². The van der Waals surface area contributed by atoms with Gasteiger partial charge in [-0.1, -0.05) is 22.9 Å². The van der Waals surface area contributed by atoms with Crippen LogP contribution in [0.15, 0.2) is 0 Å². The summed E-state index contributed by atoms with van der Waals surface area (Å²) < 4.78 is 5.77. The molecule has 3 rings (SSSR count). The smallest absolute Gasteiger partial charge is 0.0692 e. The van der Waals surface area contributed by atoms with Crippen LogP contribution in [0.1, 0.15) is 26.2 Å². The zero-order valence-electron chi connectivity index (χ0n) is 6.98. The first kappa shape index (κ1) is 8.06. The van der Waals surface area contributed by atoms with E-state index in [0.717, 1.165) is 23.8 Å². The summed E-state index contributed by atoms with van der Waals surface area (Å²) in [7, 11) is 0. The Labute approximate surface area is 76.6 Å². The van der Waals surface area contributed by atoms with Gasteiger partial charge in [0, 0.05) is 5.33 Å². The van der Waals surface area contributed by atoms with Gasteiger partial charge in [-0.2, -0.15) is 0 Å². The Morgan fingerprint density at radius 2 is 2.36 bits per heavy atom. The molecule has 2 bridgehead atoms. The maximum atomic E-state index is 5.77. The Balaban J connectivity index is 1.86. The predicted octanol–water partition coefficient (Wildman–Crippen LogP) is 2.59. The Hall–Kier alpha value is 0.440. The van der Waals surface area contributed by atoms with Crippen LogP contribution in [0.25, 0.3) is 0 Å². The van der Waals surface area contributed by atoms with E-state index in [9.17, 15) is 0 Å². The lowest BCUT2D eigenvalue weighted by Gasteiger charge is -2.37. The molecule has 2 heteroatoms. The quantitative estimate of drug-likeness (QED) is 0.663. The molecule has 2 aliphatic heterocycles. The third-order valence-electron chi connectivity index (χ3n) is 2.93. The Morgan fingerprint density at radius 3 is 2.82 bits per heavy atom. The van der Waals surface area contributed by atoms with Crippen molar-refractivity contribution in [3.8, 4) is 0 Å². The third kappa shape index (κ3) is 1.35. The average molecular weight is 219 g/mol. The van der Waals surface area contributed by atoms with Gasteiger partial charge in [0.15, 0.2) is 0 Å². The highest BCUT2D eigenvalue weighted by Gasteiger charge is 2.51. The molecule has 11 heavy (non-hydrogen) atoms. The van der Waals surface area contributed by atoms with Crippen LogP contribution in [-0.2, 0) is 4.74 Å². The number of fused-ring (bicyclic) bond motifs is 1. The van der Waals surface area contributed by atoms with Gasteiger partial charge in [0.2, 0.25) is 0 Å². The van der Waals surface area contributed by atoms with Gasteiger partial charge in [-0.25, -0.2) is 0 Å². The zero-order valence-corrected chi connectivity index (χ0v) is 8.56. The van der Waals surface area contributed by atoms with Crippen LogP contribution in [0.3, 0.4) is 0 Å². The summed E-state index contributed by atoms with van der Waals surface area (Å²) in [6, 6.07) is 0. The van der Waals surface area contributed by atoms with Crippen LogP contribution in [0, 0.1) is 11.8 Å². The van der Waals surface area contributed by atoms with E-state index in [-0.39, 0.29) is 0 Å². The maximum absolute atomic E-state index is 5.77. The fourth-order valence-corrected chi connectivity index (χ4v) is 2.67. The van der Waals surface area contributed by atoms with Crippen molar-refractivity contribution in [2.75, 3.05) is 11.9 Å². The van der Waals surface area contributed by atoms with Gasteiger partial charge >= 0.3 is 0 Å². The SMILES string of the molecule is CC(CBr)CC12CC(CO1)C2. The van der Waals surface area contributed by atoms with Crippen LogP contribution in [0.5, 0.6) is 0 Å². The van der Waals surface area contributed by atoms with Gasteiger partial charge in [0.25, 0.3) is 0 Å². The van der Waals surface area contributed by atoms with E-state index in [1.54, 1.807) is 0 Å². The number of hydrogen-bond acceptors (Lipinski definition) is 1. The monoisotopic (exact) mass is 218 g/mol. The Morgan fingerprint density at radius 1 is 1.64 bits per heavy atom. The summed E-state index contributed by atoms with van der Waals surface area (Å²) in [5.41, 5.74) is 0.331. The van der Waals surface area contributed by atoms with Gasteiger partial charge in [0.1, 0.15) is 0 Å². The lowest BCUT2D eigenvalue weighted by molar-refractivity contribution is -0.0154. The topological polar surface area (TPSA) is 9.23 Å². The molecule has 0 radical (unpaired) electrons. The third-order valence-corrected chi connectivity index (χ3v) is 4.04. The van der Waals surface area contributed by atoms with Crippen molar-refractivity contribution < 1.29 is 4.74 Å². The lowest BCUT2D eigenvalue weighted by atomic mass is 9.71. The van der Waals surface area contributed by atoms with E-state index in [4.69, 9.17) is 4.74 Å².